The third-order valence-corrected chi connectivity index (χ3v) is 4.99. The highest BCUT2D eigenvalue weighted by Gasteiger charge is 2.14. The normalized spacial score (nSPS) is 10.9. The van der Waals surface area contributed by atoms with Crippen molar-refractivity contribution >= 4 is 34.5 Å². The van der Waals surface area contributed by atoms with E-state index in [-0.39, 0.29) is 5.91 Å². The van der Waals surface area contributed by atoms with Crippen LogP contribution in [0.4, 0.5) is 0 Å². The molecule has 0 aliphatic rings. The van der Waals surface area contributed by atoms with Gasteiger partial charge in [0.05, 0.1) is 22.1 Å². The number of nitrogens with zero attached hydrogens (tertiary/aromatic N) is 2. The minimum Gasteiger partial charge on any atom is -0.346 e. The monoisotopic (exact) mass is 367 g/mol. The summed E-state index contributed by atoms with van der Waals surface area (Å²) >= 11 is 7.42. The van der Waals surface area contributed by atoms with Gasteiger partial charge in [-0.05, 0) is 29.1 Å². The number of aromatic nitrogens is 2. The van der Waals surface area contributed by atoms with Crippen LogP contribution in [-0.2, 0) is 6.54 Å². The van der Waals surface area contributed by atoms with Gasteiger partial charge < -0.3 is 9.72 Å². The summed E-state index contributed by atoms with van der Waals surface area (Å²) in [6, 6.07) is 15.5. The summed E-state index contributed by atoms with van der Waals surface area (Å²) in [6.07, 6.45) is 3.66. The molecule has 0 radical (unpaired) electrons. The molecule has 0 aliphatic heterocycles. The largest absolute Gasteiger partial charge is 0.346 e. The van der Waals surface area contributed by atoms with Gasteiger partial charge in [0.2, 0.25) is 0 Å². The maximum absolute atomic E-state index is 12.6. The van der Waals surface area contributed by atoms with Gasteiger partial charge in [-0.25, -0.2) is 4.98 Å². The van der Waals surface area contributed by atoms with Gasteiger partial charge in [-0.15, -0.1) is 11.3 Å². The number of imidazole rings is 1. The second-order valence-electron chi connectivity index (χ2n) is 5.56. The van der Waals surface area contributed by atoms with E-state index in [1.54, 1.807) is 12.3 Å². The Morgan fingerprint density at radius 1 is 1.12 bits per heavy atom. The molecule has 1 amide bonds. The van der Waals surface area contributed by atoms with Gasteiger partial charge in [0.1, 0.15) is 5.65 Å². The topological polar surface area (TPSA) is 46.4 Å². The fraction of sp³-hybridized carbons (Fsp3) is 0.0526. The lowest BCUT2D eigenvalue weighted by molar-refractivity contribution is 0.0955. The number of carbonyl (C=O) groups excluding carboxylic acids is 1. The van der Waals surface area contributed by atoms with Crippen molar-refractivity contribution in [2.45, 2.75) is 6.54 Å². The Kier molecular flexibility index (Phi) is 4.26. The summed E-state index contributed by atoms with van der Waals surface area (Å²) in [7, 11) is 0. The van der Waals surface area contributed by atoms with E-state index < -0.39 is 0 Å². The van der Waals surface area contributed by atoms with E-state index in [9.17, 15) is 4.79 Å². The van der Waals surface area contributed by atoms with Crippen molar-refractivity contribution in [3.05, 3.63) is 81.9 Å². The average Bonchev–Trinajstić information content (AvgIpc) is 3.26. The molecule has 4 nitrogen and oxygen atoms in total. The van der Waals surface area contributed by atoms with E-state index >= 15 is 0 Å². The molecule has 4 aromatic rings. The maximum atomic E-state index is 12.6. The van der Waals surface area contributed by atoms with Gasteiger partial charge in [-0.3, -0.25) is 4.79 Å². The van der Waals surface area contributed by atoms with Crippen LogP contribution in [-0.4, -0.2) is 15.3 Å². The Morgan fingerprint density at radius 2 is 1.96 bits per heavy atom. The van der Waals surface area contributed by atoms with Crippen LogP contribution in [0.15, 0.2) is 66.3 Å². The highest BCUT2D eigenvalue weighted by molar-refractivity contribution is 7.12. The molecule has 0 saturated carbocycles. The van der Waals surface area contributed by atoms with Crippen molar-refractivity contribution in [2.24, 2.45) is 0 Å². The molecule has 0 atom stereocenters. The number of rotatable bonds is 4. The smallest absolute Gasteiger partial charge is 0.262 e. The summed E-state index contributed by atoms with van der Waals surface area (Å²) in [4.78, 5) is 17.8. The number of halogens is 1. The minimum absolute atomic E-state index is 0.0936. The van der Waals surface area contributed by atoms with E-state index in [0.29, 0.717) is 16.4 Å². The highest BCUT2D eigenvalue weighted by atomic mass is 35.5. The lowest BCUT2D eigenvalue weighted by atomic mass is 10.1. The number of pyridine rings is 1. The van der Waals surface area contributed by atoms with E-state index in [0.717, 1.165) is 22.5 Å². The van der Waals surface area contributed by atoms with E-state index in [1.165, 1.54) is 11.3 Å². The molecular formula is C19H14ClN3OS. The van der Waals surface area contributed by atoms with Crippen LogP contribution >= 0.6 is 22.9 Å². The Labute approximate surface area is 153 Å². The molecule has 3 aromatic heterocycles. The minimum atomic E-state index is -0.0936. The van der Waals surface area contributed by atoms with E-state index in [4.69, 9.17) is 11.6 Å². The number of nitrogens with one attached hydrogen (secondary N) is 1. The molecule has 4 rings (SSSR count). The Bertz CT molecular complexity index is 1040. The second kappa shape index (κ2) is 6.70. The first-order chi connectivity index (χ1) is 12.2. The van der Waals surface area contributed by atoms with Gasteiger partial charge >= 0.3 is 0 Å². The lowest BCUT2D eigenvalue weighted by Gasteiger charge is -2.05. The predicted octanol–water partition coefficient (Wildman–Crippen LogP) is 4.65. The summed E-state index contributed by atoms with van der Waals surface area (Å²) < 4.78 is 1.85. The summed E-state index contributed by atoms with van der Waals surface area (Å²) in [5.41, 5.74) is 3.57. The van der Waals surface area contributed by atoms with Crippen LogP contribution in [0.3, 0.4) is 0 Å². The number of hydrogen-bond donors (Lipinski definition) is 1. The fourth-order valence-electron chi connectivity index (χ4n) is 2.68. The van der Waals surface area contributed by atoms with Gasteiger partial charge in [0, 0.05) is 18.0 Å². The third-order valence-electron chi connectivity index (χ3n) is 3.85. The van der Waals surface area contributed by atoms with Crippen molar-refractivity contribution in [3.63, 3.8) is 0 Å². The Hall–Kier alpha value is -2.63. The summed E-state index contributed by atoms with van der Waals surface area (Å²) in [6.45, 7) is 0.365. The maximum Gasteiger partial charge on any atom is 0.262 e. The molecule has 0 aliphatic carbocycles. The van der Waals surface area contributed by atoms with Crippen LogP contribution in [0.25, 0.3) is 16.8 Å². The molecular weight excluding hydrogens is 354 g/mol. The number of fused-ring (bicyclic) bond motifs is 1. The number of carbonyl (C=O) groups is 1. The molecule has 0 saturated heterocycles. The zero-order valence-corrected chi connectivity index (χ0v) is 14.7. The molecule has 1 N–H and O–H groups in total. The van der Waals surface area contributed by atoms with Crippen LogP contribution < -0.4 is 5.32 Å². The molecule has 1 aromatic carbocycles. The highest BCUT2D eigenvalue weighted by Crippen LogP contribution is 2.28. The lowest BCUT2D eigenvalue weighted by Crippen LogP contribution is -2.22. The van der Waals surface area contributed by atoms with Crippen molar-refractivity contribution in [1.82, 2.24) is 14.7 Å². The van der Waals surface area contributed by atoms with Crippen LogP contribution in [0.2, 0.25) is 5.02 Å². The van der Waals surface area contributed by atoms with E-state index in [1.807, 2.05) is 58.4 Å². The van der Waals surface area contributed by atoms with Crippen molar-refractivity contribution in [2.75, 3.05) is 0 Å². The first kappa shape index (κ1) is 15.9. The molecule has 124 valence electrons. The van der Waals surface area contributed by atoms with Crippen LogP contribution in [0.1, 0.15) is 15.4 Å². The standard InChI is InChI=1S/C19H14ClN3OS/c20-14-6-7-17-22-15(12-23(17)11-14)10-21-19(24)18-16(8-9-25-18)13-4-2-1-3-5-13/h1-9,11-12H,10H2,(H,21,24). The second-order valence-corrected chi connectivity index (χ2v) is 6.91. The SMILES string of the molecule is O=C(NCc1cn2cc(Cl)ccc2n1)c1sccc1-c1ccccc1. The zero-order valence-electron chi connectivity index (χ0n) is 13.1. The van der Waals surface area contributed by atoms with Crippen molar-refractivity contribution in [3.8, 4) is 11.1 Å². The predicted molar refractivity (Wildman–Crippen MR) is 101 cm³/mol. The summed E-state index contributed by atoms with van der Waals surface area (Å²) in [5.74, 6) is -0.0936. The molecule has 3 heterocycles. The van der Waals surface area contributed by atoms with Crippen molar-refractivity contribution < 1.29 is 4.79 Å². The first-order valence-corrected chi connectivity index (χ1v) is 9.01. The molecule has 0 unspecified atom stereocenters. The number of hydrogen-bond acceptors (Lipinski definition) is 3. The van der Waals surface area contributed by atoms with Gasteiger partial charge in [-0.1, -0.05) is 41.9 Å². The molecule has 0 bridgehead atoms. The molecule has 0 spiro atoms. The average molecular weight is 368 g/mol. The van der Waals surface area contributed by atoms with Gasteiger partial charge in [0.25, 0.3) is 5.91 Å². The van der Waals surface area contributed by atoms with Crippen LogP contribution in [0.5, 0.6) is 0 Å². The third kappa shape index (κ3) is 3.29. The number of benzene rings is 1. The zero-order chi connectivity index (χ0) is 17.2. The van der Waals surface area contributed by atoms with Gasteiger partial charge in [-0.2, -0.15) is 0 Å². The number of amides is 1. The van der Waals surface area contributed by atoms with E-state index in [2.05, 4.69) is 10.3 Å². The number of thiophene rings is 1. The van der Waals surface area contributed by atoms with Gasteiger partial charge in [0.15, 0.2) is 0 Å². The molecule has 6 heteroatoms. The Morgan fingerprint density at radius 3 is 2.80 bits per heavy atom. The quantitative estimate of drug-likeness (QED) is 0.570. The summed E-state index contributed by atoms with van der Waals surface area (Å²) in [5, 5.41) is 5.53. The van der Waals surface area contributed by atoms with Crippen molar-refractivity contribution in [1.29, 1.82) is 0 Å². The van der Waals surface area contributed by atoms with Crippen LogP contribution in [0, 0.1) is 0 Å². The fourth-order valence-corrected chi connectivity index (χ4v) is 3.68. The molecule has 0 fully saturated rings. The molecule has 25 heavy (non-hydrogen) atoms. The first-order valence-electron chi connectivity index (χ1n) is 7.75. The Balaban J connectivity index is 1.52.